The lowest BCUT2D eigenvalue weighted by Gasteiger charge is -2.19. The summed E-state index contributed by atoms with van der Waals surface area (Å²) in [6, 6.07) is 13.7. The van der Waals surface area contributed by atoms with Crippen LogP contribution in [0.4, 0.5) is 0 Å². The molecular formula is C16H20N2OS. The summed E-state index contributed by atoms with van der Waals surface area (Å²) in [5.74, 6) is 0.0763. The summed E-state index contributed by atoms with van der Waals surface area (Å²) in [6.45, 7) is 2.72. The van der Waals surface area contributed by atoms with Gasteiger partial charge in [0, 0.05) is 29.3 Å². The van der Waals surface area contributed by atoms with E-state index in [9.17, 15) is 4.79 Å². The number of rotatable bonds is 5. The Hall–Kier alpha value is -1.65. The first-order chi connectivity index (χ1) is 9.56. The van der Waals surface area contributed by atoms with E-state index >= 15 is 0 Å². The number of nitrogens with two attached hydrogens (primary N) is 1. The number of thiophene rings is 1. The maximum Gasteiger partial charge on any atom is 0.224 e. The van der Waals surface area contributed by atoms with Gasteiger partial charge < -0.3 is 10.6 Å². The summed E-state index contributed by atoms with van der Waals surface area (Å²) < 4.78 is 0. The molecular weight excluding hydrogens is 268 g/mol. The molecule has 0 saturated carbocycles. The van der Waals surface area contributed by atoms with Gasteiger partial charge in [-0.2, -0.15) is 0 Å². The number of nitrogens with zero attached hydrogens (tertiary/aromatic N) is 1. The Morgan fingerprint density at radius 3 is 2.55 bits per heavy atom. The van der Waals surface area contributed by atoms with Crippen molar-refractivity contribution in [2.24, 2.45) is 5.73 Å². The third kappa shape index (κ3) is 3.92. The SMILES string of the molecule is Cc1ccc(CN(C)C(=O)CC(N)c2ccccc2)s1. The molecule has 2 N–H and O–H groups in total. The first kappa shape index (κ1) is 14.8. The normalized spacial score (nSPS) is 12.2. The largest absolute Gasteiger partial charge is 0.341 e. The lowest BCUT2D eigenvalue weighted by Crippen LogP contribution is -2.29. The van der Waals surface area contributed by atoms with Crippen LogP contribution in [-0.4, -0.2) is 17.9 Å². The van der Waals surface area contributed by atoms with Gasteiger partial charge in [0.2, 0.25) is 5.91 Å². The minimum absolute atomic E-state index is 0.0763. The van der Waals surface area contributed by atoms with E-state index in [1.807, 2.05) is 37.4 Å². The van der Waals surface area contributed by atoms with E-state index in [1.54, 1.807) is 16.2 Å². The smallest absolute Gasteiger partial charge is 0.224 e. The summed E-state index contributed by atoms with van der Waals surface area (Å²) >= 11 is 1.72. The molecule has 1 atom stereocenters. The molecule has 1 unspecified atom stereocenters. The van der Waals surface area contributed by atoms with Crippen molar-refractivity contribution in [2.75, 3.05) is 7.05 Å². The van der Waals surface area contributed by atoms with Gasteiger partial charge in [-0.25, -0.2) is 0 Å². The summed E-state index contributed by atoms with van der Waals surface area (Å²) in [5, 5.41) is 0. The van der Waals surface area contributed by atoms with E-state index in [0.717, 1.165) is 5.56 Å². The first-order valence-corrected chi connectivity index (χ1v) is 7.47. The van der Waals surface area contributed by atoms with Crippen LogP contribution in [0.5, 0.6) is 0 Å². The lowest BCUT2D eigenvalue weighted by molar-refractivity contribution is -0.130. The quantitative estimate of drug-likeness (QED) is 0.919. The van der Waals surface area contributed by atoms with Crippen LogP contribution >= 0.6 is 11.3 Å². The van der Waals surface area contributed by atoms with Crippen LogP contribution in [-0.2, 0) is 11.3 Å². The third-order valence-electron chi connectivity index (χ3n) is 3.24. The van der Waals surface area contributed by atoms with Crippen LogP contribution in [0.2, 0.25) is 0 Å². The average molecular weight is 288 g/mol. The summed E-state index contributed by atoms with van der Waals surface area (Å²) in [5.41, 5.74) is 7.09. The molecule has 1 amide bonds. The number of carbonyl (C=O) groups is 1. The van der Waals surface area contributed by atoms with E-state index in [0.29, 0.717) is 13.0 Å². The van der Waals surface area contributed by atoms with Gasteiger partial charge >= 0.3 is 0 Å². The molecule has 0 fully saturated rings. The summed E-state index contributed by atoms with van der Waals surface area (Å²) in [4.78, 5) is 16.4. The number of amides is 1. The molecule has 106 valence electrons. The van der Waals surface area contributed by atoms with Gasteiger partial charge in [-0.3, -0.25) is 4.79 Å². The highest BCUT2D eigenvalue weighted by atomic mass is 32.1. The topological polar surface area (TPSA) is 46.3 Å². The van der Waals surface area contributed by atoms with E-state index in [2.05, 4.69) is 19.1 Å². The van der Waals surface area contributed by atoms with Gasteiger partial charge in [0.05, 0.1) is 6.54 Å². The minimum atomic E-state index is -0.240. The Morgan fingerprint density at radius 1 is 1.25 bits per heavy atom. The Morgan fingerprint density at radius 2 is 1.95 bits per heavy atom. The standard InChI is InChI=1S/C16H20N2OS/c1-12-8-9-14(20-12)11-18(2)16(19)10-15(17)13-6-4-3-5-7-13/h3-9,15H,10-11,17H2,1-2H3. The maximum absolute atomic E-state index is 12.2. The molecule has 0 aliphatic heterocycles. The molecule has 20 heavy (non-hydrogen) atoms. The van der Waals surface area contributed by atoms with Crippen molar-refractivity contribution in [3.05, 3.63) is 57.8 Å². The molecule has 0 aliphatic rings. The lowest BCUT2D eigenvalue weighted by atomic mass is 10.0. The number of hydrogen-bond acceptors (Lipinski definition) is 3. The predicted octanol–water partition coefficient (Wildman–Crippen LogP) is 3.11. The second-order valence-corrected chi connectivity index (χ2v) is 6.36. The van der Waals surface area contributed by atoms with Gasteiger partial charge in [-0.15, -0.1) is 11.3 Å². The Bertz CT molecular complexity index is 565. The zero-order chi connectivity index (χ0) is 14.5. The number of benzene rings is 1. The van der Waals surface area contributed by atoms with Gasteiger partial charge in [0.25, 0.3) is 0 Å². The molecule has 1 aromatic carbocycles. The van der Waals surface area contributed by atoms with Crippen LogP contribution in [0.15, 0.2) is 42.5 Å². The molecule has 0 saturated heterocycles. The van der Waals surface area contributed by atoms with Crippen LogP contribution in [0.25, 0.3) is 0 Å². The van der Waals surface area contributed by atoms with Gasteiger partial charge in [0.15, 0.2) is 0 Å². The molecule has 0 aliphatic carbocycles. The monoisotopic (exact) mass is 288 g/mol. The van der Waals surface area contributed by atoms with Crippen LogP contribution < -0.4 is 5.73 Å². The van der Waals surface area contributed by atoms with Crippen molar-refractivity contribution < 1.29 is 4.79 Å². The predicted molar refractivity (Wildman–Crippen MR) is 83.5 cm³/mol. The fraction of sp³-hybridized carbons (Fsp3) is 0.312. The molecule has 0 bridgehead atoms. The fourth-order valence-corrected chi connectivity index (χ4v) is 3.00. The molecule has 4 heteroatoms. The molecule has 1 aromatic heterocycles. The maximum atomic E-state index is 12.2. The van der Waals surface area contributed by atoms with Crippen LogP contribution in [0.1, 0.15) is 27.8 Å². The van der Waals surface area contributed by atoms with Crippen LogP contribution in [0, 0.1) is 6.92 Å². The third-order valence-corrected chi connectivity index (χ3v) is 4.22. The average Bonchev–Trinajstić information content (AvgIpc) is 2.85. The van der Waals surface area contributed by atoms with Gasteiger partial charge in [-0.1, -0.05) is 30.3 Å². The van der Waals surface area contributed by atoms with E-state index in [4.69, 9.17) is 5.73 Å². The van der Waals surface area contributed by atoms with Crippen molar-refractivity contribution in [3.8, 4) is 0 Å². The highest BCUT2D eigenvalue weighted by Crippen LogP contribution is 2.19. The van der Waals surface area contributed by atoms with Gasteiger partial charge in [0.1, 0.15) is 0 Å². The van der Waals surface area contributed by atoms with E-state index < -0.39 is 0 Å². The summed E-state index contributed by atoms with van der Waals surface area (Å²) in [6.07, 6.45) is 0.338. The van der Waals surface area contributed by atoms with E-state index in [1.165, 1.54) is 9.75 Å². The second kappa shape index (κ2) is 6.68. The second-order valence-electron chi connectivity index (χ2n) is 4.98. The number of aryl methyl sites for hydroxylation is 1. The van der Waals surface area contributed by atoms with E-state index in [-0.39, 0.29) is 11.9 Å². The minimum Gasteiger partial charge on any atom is -0.341 e. The molecule has 0 radical (unpaired) electrons. The Labute approximate surface area is 124 Å². The molecule has 2 aromatic rings. The molecule has 3 nitrogen and oxygen atoms in total. The van der Waals surface area contributed by atoms with Gasteiger partial charge in [-0.05, 0) is 24.6 Å². The highest BCUT2D eigenvalue weighted by Gasteiger charge is 2.15. The molecule has 0 spiro atoms. The number of carbonyl (C=O) groups excluding carboxylic acids is 1. The fourth-order valence-electron chi connectivity index (χ4n) is 2.05. The zero-order valence-electron chi connectivity index (χ0n) is 11.9. The summed E-state index contributed by atoms with van der Waals surface area (Å²) in [7, 11) is 1.83. The molecule has 1 heterocycles. The molecule has 2 rings (SSSR count). The van der Waals surface area contributed by atoms with Crippen molar-refractivity contribution in [3.63, 3.8) is 0 Å². The van der Waals surface area contributed by atoms with Crippen molar-refractivity contribution in [1.29, 1.82) is 0 Å². The highest BCUT2D eigenvalue weighted by molar-refractivity contribution is 7.11. The van der Waals surface area contributed by atoms with Crippen molar-refractivity contribution >= 4 is 17.2 Å². The van der Waals surface area contributed by atoms with Crippen molar-refractivity contribution in [2.45, 2.75) is 25.9 Å². The van der Waals surface area contributed by atoms with Crippen LogP contribution in [0.3, 0.4) is 0 Å². The zero-order valence-corrected chi connectivity index (χ0v) is 12.7. The Balaban J connectivity index is 1.91. The Kier molecular flexibility index (Phi) is 4.93. The number of hydrogen-bond donors (Lipinski definition) is 1. The van der Waals surface area contributed by atoms with Crippen molar-refractivity contribution in [1.82, 2.24) is 4.90 Å². The first-order valence-electron chi connectivity index (χ1n) is 6.66.